The summed E-state index contributed by atoms with van der Waals surface area (Å²) in [5.74, 6) is 0.0653. The van der Waals surface area contributed by atoms with Gasteiger partial charge >= 0.3 is 0 Å². The summed E-state index contributed by atoms with van der Waals surface area (Å²) in [4.78, 5) is 12.8. The van der Waals surface area contributed by atoms with Crippen molar-refractivity contribution in [2.45, 2.75) is 25.8 Å². The van der Waals surface area contributed by atoms with Crippen LogP contribution in [0.1, 0.15) is 19.8 Å². The number of anilines is 1. The van der Waals surface area contributed by atoms with Gasteiger partial charge in [-0.2, -0.15) is 0 Å². The highest BCUT2D eigenvalue weighted by Crippen LogP contribution is 2.31. The van der Waals surface area contributed by atoms with E-state index in [1.165, 1.54) is 0 Å². The van der Waals surface area contributed by atoms with Gasteiger partial charge in [0, 0.05) is 28.8 Å². The number of nitro groups is 1. The molecule has 1 aliphatic rings. The predicted molar refractivity (Wildman–Crippen MR) is 93.6 cm³/mol. The van der Waals surface area contributed by atoms with Crippen molar-refractivity contribution in [2.75, 3.05) is 23.7 Å². The van der Waals surface area contributed by atoms with Crippen molar-refractivity contribution >= 4 is 44.0 Å². The van der Waals surface area contributed by atoms with Crippen LogP contribution in [0, 0.1) is 13.7 Å². The van der Waals surface area contributed by atoms with E-state index >= 15 is 0 Å². The summed E-state index contributed by atoms with van der Waals surface area (Å²) in [5.41, 5.74) is 0.696. The molecule has 2 rings (SSSR count). The molecule has 122 valence electrons. The molecule has 0 amide bonds. The largest absolute Gasteiger partial charge is 0.366 e. The van der Waals surface area contributed by atoms with Crippen LogP contribution < -0.4 is 9.62 Å². The molecule has 9 heteroatoms. The number of hydrogen-bond donors (Lipinski definition) is 1. The summed E-state index contributed by atoms with van der Waals surface area (Å²) >= 11 is 2.05. The van der Waals surface area contributed by atoms with Crippen molar-refractivity contribution < 1.29 is 13.3 Å². The van der Waals surface area contributed by atoms with Crippen molar-refractivity contribution in [1.29, 1.82) is 0 Å². The van der Waals surface area contributed by atoms with Crippen LogP contribution in [0.15, 0.2) is 18.2 Å². The van der Waals surface area contributed by atoms with Gasteiger partial charge in [0.25, 0.3) is 5.69 Å². The van der Waals surface area contributed by atoms with Crippen LogP contribution in [0.3, 0.4) is 0 Å². The Bertz CT molecular complexity index is 657. The molecule has 0 atom stereocenters. The second-order valence-corrected chi connectivity index (χ2v) is 8.46. The number of nitrogens with one attached hydrogen (secondary N) is 1. The van der Waals surface area contributed by atoms with Gasteiger partial charge < -0.3 is 4.90 Å². The lowest BCUT2D eigenvalue weighted by molar-refractivity contribution is -0.384. The number of rotatable bonds is 5. The van der Waals surface area contributed by atoms with Gasteiger partial charge in [-0.15, -0.1) is 0 Å². The average molecular weight is 439 g/mol. The molecule has 22 heavy (non-hydrogen) atoms. The van der Waals surface area contributed by atoms with Crippen molar-refractivity contribution in [2.24, 2.45) is 0 Å². The Balaban J connectivity index is 2.08. The molecule has 1 aromatic rings. The van der Waals surface area contributed by atoms with E-state index in [1.54, 1.807) is 19.1 Å². The maximum Gasteiger partial charge on any atom is 0.293 e. The number of sulfonamides is 1. The Kier molecular flexibility index (Phi) is 5.61. The molecule has 0 unspecified atom stereocenters. The SMILES string of the molecule is CCS(=O)(=O)NC1CCN(c2ccc(I)cc2[N+](=O)[O-])CC1. The number of halogens is 1. The van der Waals surface area contributed by atoms with Crippen LogP contribution in [0.25, 0.3) is 0 Å². The van der Waals surface area contributed by atoms with Gasteiger partial charge in [-0.1, -0.05) is 0 Å². The molecule has 0 aliphatic carbocycles. The molecule has 0 radical (unpaired) electrons. The maximum absolute atomic E-state index is 11.6. The summed E-state index contributed by atoms with van der Waals surface area (Å²) in [5, 5.41) is 11.2. The van der Waals surface area contributed by atoms with E-state index < -0.39 is 10.0 Å². The molecule has 1 aliphatic heterocycles. The molecule has 1 fully saturated rings. The maximum atomic E-state index is 11.6. The standard InChI is InChI=1S/C13H18IN3O4S/c1-2-22(20,21)15-11-5-7-16(8-6-11)12-4-3-10(14)9-13(12)17(18)19/h3-4,9,11,15H,2,5-8H2,1H3. The summed E-state index contributed by atoms with van der Waals surface area (Å²) in [6.07, 6.45) is 1.28. The third-order valence-electron chi connectivity index (χ3n) is 3.70. The minimum absolute atomic E-state index is 0.0653. The Labute approximate surface area is 143 Å². The van der Waals surface area contributed by atoms with Gasteiger partial charge in [-0.25, -0.2) is 13.1 Å². The smallest absolute Gasteiger partial charge is 0.293 e. The van der Waals surface area contributed by atoms with Crippen LogP contribution in [-0.4, -0.2) is 38.2 Å². The van der Waals surface area contributed by atoms with Gasteiger partial charge in [0.2, 0.25) is 10.0 Å². The molecule has 1 heterocycles. The Hall–Kier alpha value is -0.940. The van der Waals surface area contributed by atoms with Gasteiger partial charge in [0.1, 0.15) is 5.69 Å². The Morgan fingerprint density at radius 1 is 1.41 bits per heavy atom. The Morgan fingerprint density at radius 2 is 2.05 bits per heavy atom. The first-order valence-corrected chi connectivity index (χ1v) is 9.74. The van der Waals surface area contributed by atoms with Crippen LogP contribution in [-0.2, 0) is 10.0 Å². The van der Waals surface area contributed by atoms with E-state index in [9.17, 15) is 18.5 Å². The summed E-state index contributed by atoms with van der Waals surface area (Å²) in [6, 6.07) is 5.07. The van der Waals surface area contributed by atoms with Crippen LogP contribution in [0.2, 0.25) is 0 Å². The first-order valence-electron chi connectivity index (χ1n) is 7.01. The topological polar surface area (TPSA) is 92.6 Å². The van der Waals surface area contributed by atoms with E-state index in [1.807, 2.05) is 33.6 Å². The third-order valence-corrected chi connectivity index (χ3v) is 5.82. The molecule has 0 saturated carbocycles. The molecule has 0 bridgehead atoms. The van der Waals surface area contributed by atoms with Crippen LogP contribution >= 0.6 is 22.6 Å². The van der Waals surface area contributed by atoms with E-state index in [0.29, 0.717) is 31.6 Å². The molecule has 1 N–H and O–H groups in total. The number of hydrogen-bond acceptors (Lipinski definition) is 5. The fourth-order valence-corrected chi connectivity index (χ4v) is 3.87. The van der Waals surface area contributed by atoms with Gasteiger partial charge in [0.05, 0.1) is 10.7 Å². The molecule has 7 nitrogen and oxygen atoms in total. The van der Waals surface area contributed by atoms with Crippen molar-refractivity contribution in [3.8, 4) is 0 Å². The summed E-state index contributed by atoms with van der Waals surface area (Å²) in [6.45, 7) is 2.79. The lowest BCUT2D eigenvalue weighted by atomic mass is 10.1. The summed E-state index contributed by atoms with van der Waals surface area (Å²) in [7, 11) is -3.21. The lowest BCUT2D eigenvalue weighted by Crippen LogP contribution is -2.45. The van der Waals surface area contributed by atoms with Gasteiger partial charge in [-0.3, -0.25) is 10.1 Å². The predicted octanol–water partition coefficient (Wildman–Crippen LogP) is 2.11. The first-order chi connectivity index (χ1) is 10.3. The molecule has 0 aromatic heterocycles. The number of piperidine rings is 1. The zero-order valence-electron chi connectivity index (χ0n) is 12.2. The number of nitrogens with zero attached hydrogens (tertiary/aromatic N) is 2. The first kappa shape index (κ1) is 17.4. The van der Waals surface area contributed by atoms with E-state index in [-0.39, 0.29) is 22.4 Å². The molecular weight excluding hydrogens is 421 g/mol. The molecule has 1 saturated heterocycles. The number of benzene rings is 1. The highest BCUT2D eigenvalue weighted by molar-refractivity contribution is 14.1. The van der Waals surface area contributed by atoms with E-state index in [2.05, 4.69) is 4.72 Å². The fraction of sp³-hybridized carbons (Fsp3) is 0.538. The minimum Gasteiger partial charge on any atom is -0.366 e. The molecule has 0 spiro atoms. The van der Waals surface area contributed by atoms with Crippen LogP contribution in [0.4, 0.5) is 11.4 Å². The summed E-state index contributed by atoms with van der Waals surface area (Å²) < 4.78 is 26.7. The highest BCUT2D eigenvalue weighted by Gasteiger charge is 2.26. The van der Waals surface area contributed by atoms with Crippen molar-refractivity contribution in [3.05, 3.63) is 31.9 Å². The third kappa shape index (κ3) is 4.29. The average Bonchev–Trinajstić information content (AvgIpc) is 2.48. The highest BCUT2D eigenvalue weighted by atomic mass is 127. The van der Waals surface area contributed by atoms with Crippen molar-refractivity contribution in [3.63, 3.8) is 0 Å². The van der Waals surface area contributed by atoms with Gasteiger partial charge in [0.15, 0.2) is 0 Å². The lowest BCUT2D eigenvalue weighted by Gasteiger charge is -2.33. The normalized spacial score (nSPS) is 16.7. The second kappa shape index (κ2) is 7.09. The zero-order valence-corrected chi connectivity index (χ0v) is 15.1. The minimum atomic E-state index is -3.21. The zero-order chi connectivity index (χ0) is 16.3. The Morgan fingerprint density at radius 3 is 2.59 bits per heavy atom. The molecule has 1 aromatic carbocycles. The van der Waals surface area contributed by atoms with Gasteiger partial charge in [-0.05, 0) is 54.5 Å². The van der Waals surface area contributed by atoms with E-state index in [4.69, 9.17) is 0 Å². The quantitative estimate of drug-likeness (QED) is 0.431. The molecular formula is C13H18IN3O4S. The monoisotopic (exact) mass is 439 g/mol. The fourth-order valence-electron chi connectivity index (χ4n) is 2.49. The number of nitro benzene ring substituents is 1. The van der Waals surface area contributed by atoms with Crippen LogP contribution in [0.5, 0.6) is 0 Å². The van der Waals surface area contributed by atoms with E-state index in [0.717, 1.165) is 3.57 Å². The van der Waals surface area contributed by atoms with Crippen molar-refractivity contribution in [1.82, 2.24) is 4.72 Å². The second-order valence-electron chi connectivity index (χ2n) is 5.17.